The highest BCUT2D eigenvalue weighted by atomic mass is 32.1. The quantitative estimate of drug-likeness (QED) is 0.436. The second-order valence-electron chi connectivity index (χ2n) is 7.76. The van der Waals surface area contributed by atoms with Gasteiger partial charge in [-0.3, -0.25) is 4.79 Å². The zero-order chi connectivity index (χ0) is 24.5. The number of carbonyl (C=O) groups excluding carboxylic acids is 2. The average Bonchev–Trinajstić information content (AvgIpc) is 3.21. The first-order chi connectivity index (χ1) is 16.4. The maximum absolute atomic E-state index is 13.5. The molecule has 0 radical (unpaired) electrons. The summed E-state index contributed by atoms with van der Waals surface area (Å²) in [7, 11) is 1.50. The third kappa shape index (κ3) is 7.36. The van der Waals surface area contributed by atoms with Crippen LogP contribution < -0.4 is 5.32 Å². The van der Waals surface area contributed by atoms with Crippen LogP contribution in [0.15, 0.2) is 60.0 Å². The van der Waals surface area contributed by atoms with Crippen molar-refractivity contribution in [3.8, 4) is 0 Å². The van der Waals surface area contributed by atoms with Gasteiger partial charge in [-0.2, -0.15) is 0 Å². The highest BCUT2D eigenvalue weighted by Crippen LogP contribution is 2.20. The van der Waals surface area contributed by atoms with Crippen molar-refractivity contribution in [1.29, 1.82) is 0 Å². The van der Waals surface area contributed by atoms with Gasteiger partial charge >= 0.3 is 6.03 Å². The molecule has 9 heteroatoms. The van der Waals surface area contributed by atoms with Crippen LogP contribution in [-0.4, -0.2) is 48.5 Å². The summed E-state index contributed by atoms with van der Waals surface area (Å²) in [6.45, 7) is 2.81. The SMILES string of the molecule is COCCN(CC(=O)N(Cc1ccc(F)cc1)Cc1sccc1C)C(=O)Nc1cccc(F)c1. The third-order valence-corrected chi connectivity index (χ3v) is 6.20. The Balaban J connectivity index is 1.77. The van der Waals surface area contributed by atoms with Gasteiger partial charge in [-0.1, -0.05) is 18.2 Å². The molecule has 0 saturated carbocycles. The number of ether oxygens (including phenoxy) is 1. The highest BCUT2D eigenvalue weighted by molar-refractivity contribution is 7.10. The van der Waals surface area contributed by atoms with Crippen molar-refractivity contribution >= 4 is 29.0 Å². The predicted octanol–water partition coefficient (Wildman–Crippen LogP) is 5.04. The van der Waals surface area contributed by atoms with Crippen LogP contribution in [0.4, 0.5) is 19.3 Å². The first-order valence-electron chi connectivity index (χ1n) is 10.7. The van der Waals surface area contributed by atoms with Crippen molar-refractivity contribution in [2.24, 2.45) is 0 Å². The largest absolute Gasteiger partial charge is 0.383 e. The van der Waals surface area contributed by atoms with Crippen molar-refractivity contribution in [1.82, 2.24) is 9.80 Å². The summed E-state index contributed by atoms with van der Waals surface area (Å²) >= 11 is 1.55. The van der Waals surface area contributed by atoms with Crippen LogP contribution in [0, 0.1) is 18.6 Å². The Morgan fingerprint density at radius 1 is 1.00 bits per heavy atom. The van der Waals surface area contributed by atoms with Crippen molar-refractivity contribution in [3.63, 3.8) is 0 Å². The molecule has 3 aromatic rings. The minimum atomic E-state index is -0.537. The number of halogens is 2. The number of anilines is 1. The molecule has 6 nitrogen and oxygen atoms in total. The topological polar surface area (TPSA) is 61.9 Å². The Morgan fingerprint density at radius 2 is 1.76 bits per heavy atom. The number of rotatable bonds is 10. The van der Waals surface area contributed by atoms with E-state index in [0.717, 1.165) is 16.0 Å². The van der Waals surface area contributed by atoms with Gasteiger partial charge in [0.2, 0.25) is 5.91 Å². The van der Waals surface area contributed by atoms with E-state index in [1.807, 2.05) is 18.4 Å². The van der Waals surface area contributed by atoms with Gasteiger partial charge in [-0.05, 0) is 59.8 Å². The summed E-state index contributed by atoms with van der Waals surface area (Å²) in [5.41, 5.74) is 2.14. The lowest BCUT2D eigenvalue weighted by Crippen LogP contribution is -2.45. The number of hydrogen-bond acceptors (Lipinski definition) is 4. The molecule has 34 heavy (non-hydrogen) atoms. The minimum absolute atomic E-state index is 0.172. The normalized spacial score (nSPS) is 10.7. The number of nitrogens with one attached hydrogen (secondary N) is 1. The lowest BCUT2D eigenvalue weighted by Gasteiger charge is -2.28. The molecule has 0 aliphatic carbocycles. The molecule has 180 valence electrons. The van der Waals surface area contributed by atoms with Crippen LogP contribution in [0.3, 0.4) is 0 Å². The number of methoxy groups -OCH3 is 1. The van der Waals surface area contributed by atoms with Crippen molar-refractivity contribution in [2.45, 2.75) is 20.0 Å². The van der Waals surface area contributed by atoms with E-state index < -0.39 is 11.8 Å². The zero-order valence-corrected chi connectivity index (χ0v) is 19.9. The van der Waals surface area contributed by atoms with Gasteiger partial charge in [0.05, 0.1) is 13.2 Å². The molecular weight excluding hydrogens is 460 g/mol. The standard InChI is InChI=1S/C25H27F2N3O3S/c1-18-10-13-34-23(18)16-30(15-19-6-8-20(26)9-7-19)24(31)17-29(11-12-33-2)25(32)28-22-5-3-4-21(27)14-22/h3-10,13-14H,11-12,15-17H2,1-2H3,(H,28,32). The van der Waals surface area contributed by atoms with E-state index in [9.17, 15) is 18.4 Å². The maximum atomic E-state index is 13.5. The molecule has 0 atom stereocenters. The van der Waals surface area contributed by atoms with Crippen LogP contribution in [0.25, 0.3) is 0 Å². The van der Waals surface area contributed by atoms with Gasteiger partial charge in [0.15, 0.2) is 0 Å². The first-order valence-corrected chi connectivity index (χ1v) is 11.6. The summed E-state index contributed by atoms with van der Waals surface area (Å²) in [6.07, 6.45) is 0. The summed E-state index contributed by atoms with van der Waals surface area (Å²) in [6, 6.07) is 13.0. The van der Waals surface area contributed by atoms with E-state index >= 15 is 0 Å². The number of amides is 3. The van der Waals surface area contributed by atoms with Gasteiger partial charge in [-0.15, -0.1) is 11.3 Å². The zero-order valence-electron chi connectivity index (χ0n) is 19.1. The van der Waals surface area contributed by atoms with Gasteiger partial charge in [0, 0.05) is 30.8 Å². The summed E-state index contributed by atoms with van der Waals surface area (Å²) in [4.78, 5) is 30.3. The van der Waals surface area contributed by atoms with Crippen molar-refractivity contribution in [2.75, 3.05) is 32.1 Å². The molecule has 0 unspecified atom stereocenters. The Bertz CT molecular complexity index is 1100. The molecule has 0 saturated heterocycles. The van der Waals surface area contributed by atoms with Crippen LogP contribution in [0.2, 0.25) is 0 Å². The van der Waals surface area contributed by atoms with Gasteiger partial charge < -0.3 is 19.9 Å². The Hall–Kier alpha value is -3.30. The Labute approximate surface area is 201 Å². The number of carbonyl (C=O) groups is 2. The number of hydrogen-bond donors (Lipinski definition) is 1. The number of nitrogens with zero attached hydrogens (tertiary/aromatic N) is 2. The van der Waals surface area contributed by atoms with E-state index in [1.54, 1.807) is 34.4 Å². The molecule has 3 amide bonds. The molecule has 0 aliphatic rings. The first kappa shape index (κ1) is 25.3. The fourth-order valence-electron chi connectivity index (χ4n) is 3.27. The van der Waals surface area contributed by atoms with E-state index in [4.69, 9.17) is 4.74 Å². The smallest absolute Gasteiger partial charge is 0.322 e. The molecule has 1 aromatic heterocycles. The fourth-order valence-corrected chi connectivity index (χ4v) is 4.19. The van der Waals surface area contributed by atoms with Gasteiger partial charge in [-0.25, -0.2) is 13.6 Å². The molecule has 0 spiro atoms. The van der Waals surface area contributed by atoms with E-state index in [-0.39, 0.29) is 43.7 Å². The third-order valence-electron chi connectivity index (χ3n) is 5.20. The lowest BCUT2D eigenvalue weighted by atomic mass is 10.2. The molecule has 0 fully saturated rings. The van der Waals surface area contributed by atoms with E-state index in [2.05, 4.69) is 5.32 Å². The molecular formula is C25H27F2N3O3S. The van der Waals surface area contributed by atoms with Gasteiger partial charge in [0.1, 0.15) is 18.2 Å². The second kappa shape index (κ2) is 12.2. The summed E-state index contributed by atoms with van der Waals surface area (Å²) in [5.74, 6) is -1.10. The average molecular weight is 488 g/mol. The fraction of sp³-hybridized carbons (Fsp3) is 0.280. The number of benzene rings is 2. The van der Waals surface area contributed by atoms with Crippen LogP contribution in [0.1, 0.15) is 16.0 Å². The van der Waals surface area contributed by atoms with Crippen LogP contribution >= 0.6 is 11.3 Å². The monoisotopic (exact) mass is 487 g/mol. The number of aryl methyl sites for hydroxylation is 1. The van der Waals surface area contributed by atoms with Crippen molar-refractivity contribution in [3.05, 3.63) is 87.6 Å². The molecule has 0 bridgehead atoms. The minimum Gasteiger partial charge on any atom is -0.383 e. The molecule has 3 rings (SSSR count). The predicted molar refractivity (Wildman–Crippen MR) is 129 cm³/mol. The Kier molecular flexibility index (Phi) is 9.12. The molecule has 1 N–H and O–H groups in total. The van der Waals surface area contributed by atoms with Crippen LogP contribution in [0.5, 0.6) is 0 Å². The summed E-state index contributed by atoms with van der Waals surface area (Å²) < 4.78 is 32.0. The summed E-state index contributed by atoms with van der Waals surface area (Å²) in [5, 5.41) is 4.59. The number of thiophene rings is 1. The highest BCUT2D eigenvalue weighted by Gasteiger charge is 2.23. The van der Waals surface area contributed by atoms with Gasteiger partial charge in [0.25, 0.3) is 0 Å². The van der Waals surface area contributed by atoms with E-state index in [0.29, 0.717) is 6.54 Å². The Morgan fingerprint density at radius 3 is 2.41 bits per heavy atom. The molecule has 0 aliphatic heterocycles. The molecule has 1 heterocycles. The van der Waals surface area contributed by atoms with Crippen LogP contribution in [-0.2, 0) is 22.6 Å². The maximum Gasteiger partial charge on any atom is 0.322 e. The number of urea groups is 1. The molecule has 2 aromatic carbocycles. The van der Waals surface area contributed by atoms with E-state index in [1.165, 1.54) is 42.3 Å². The lowest BCUT2D eigenvalue weighted by molar-refractivity contribution is -0.133. The van der Waals surface area contributed by atoms with Crippen molar-refractivity contribution < 1.29 is 23.1 Å². The second-order valence-corrected chi connectivity index (χ2v) is 8.76.